The van der Waals surface area contributed by atoms with Crippen LogP contribution >= 0.6 is 0 Å². The van der Waals surface area contributed by atoms with E-state index in [4.69, 9.17) is 4.42 Å². The van der Waals surface area contributed by atoms with Gasteiger partial charge in [0.05, 0.1) is 6.20 Å². The normalized spacial score (nSPS) is 10.5. The number of anilines is 2. The third-order valence-corrected chi connectivity index (χ3v) is 3.36. The van der Waals surface area contributed by atoms with Gasteiger partial charge in [-0.1, -0.05) is 35.9 Å². The highest BCUT2D eigenvalue weighted by molar-refractivity contribution is 5.95. The first kappa shape index (κ1) is 14.1. The highest BCUT2D eigenvalue weighted by Gasteiger charge is 2.08. The molecule has 2 aromatic carbocycles. The highest BCUT2D eigenvalue weighted by atomic mass is 16.4. The third-order valence-electron chi connectivity index (χ3n) is 3.36. The first-order valence-corrected chi connectivity index (χ1v) is 7.03. The summed E-state index contributed by atoms with van der Waals surface area (Å²) in [6.07, 6.45) is 1.65. The number of rotatable bonds is 4. The van der Waals surface area contributed by atoms with E-state index in [1.54, 1.807) is 25.3 Å². The van der Waals surface area contributed by atoms with Crippen molar-refractivity contribution in [3.05, 3.63) is 65.9 Å². The van der Waals surface area contributed by atoms with Gasteiger partial charge in [0.25, 0.3) is 6.01 Å². The van der Waals surface area contributed by atoms with Crippen molar-refractivity contribution in [1.29, 1.82) is 0 Å². The zero-order valence-corrected chi connectivity index (χ0v) is 12.5. The van der Waals surface area contributed by atoms with Gasteiger partial charge in [-0.2, -0.15) is 0 Å². The summed E-state index contributed by atoms with van der Waals surface area (Å²) >= 11 is 0. The van der Waals surface area contributed by atoms with Crippen LogP contribution in [0.25, 0.3) is 11.3 Å². The van der Waals surface area contributed by atoms with Crippen molar-refractivity contribution in [3.63, 3.8) is 0 Å². The second-order valence-electron chi connectivity index (χ2n) is 5.16. The van der Waals surface area contributed by atoms with Gasteiger partial charge < -0.3 is 9.73 Å². The van der Waals surface area contributed by atoms with Gasteiger partial charge in [-0.3, -0.25) is 4.79 Å². The molecule has 0 fully saturated rings. The number of hydrogen-bond acceptors (Lipinski definition) is 4. The lowest BCUT2D eigenvalue weighted by Crippen LogP contribution is -1.91. The predicted molar refractivity (Wildman–Crippen MR) is 86.4 cm³/mol. The summed E-state index contributed by atoms with van der Waals surface area (Å²) in [4.78, 5) is 15.7. The zero-order chi connectivity index (χ0) is 15.5. The Morgan fingerprint density at radius 2 is 1.91 bits per heavy atom. The fourth-order valence-electron chi connectivity index (χ4n) is 2.12. The number of hydrogen-bond donors (Lipinski definition) is 1. The number of nitrogens with zero attached hydrogens (tertiary/aromatic N) is 1. The molecule has 0 aliphatic rings. The van der Waals surface area contributed by atoms with E-state index in [0.717, 1.165) is 11.3 Å². The number of Topliss-reactive ketones (excluding diaryl/α,β-unsaturated/α-hetero) is 1. The van der Waals surface area contributed by atoms with Crippen LogP contribution in [-0.4, -0.2) is 10.8 Å². The molecule has 1 N–H and O–H groups in total. The molecule has 0 unspecified atom stereocenters. The number of aryl methyl sites for hydroxylation is 1. The molecule has 0 aliphatic carbocycles. The van der Waals surface area contributed by atoms with Gasteiger partial charge in [0.2, 0.25) is 0 Å². The molecule has 1 heterocycles. The van der Waals surface area contributed by atoms with Crippen molar-refractivity contribution >= 4 is 17.5 Å². The molecule has 1 aromatic heterocycles. The zero-order valence-electron chi connectivity index (χ0n) is 12.5. The smallest absolute Gasteiger partial charge is 0.299 e. The van der Waals surface area contributed by atoms with Crippen LogP contribution in [0.4, 0.5) is 11.7 Å². The summed E-state index contributed by atoms with van der Waals surface area (Å²) in [6, 6.07) is 15.7. The van der Waals surface area contributed by atoms with E-state index in [1.165, 1.54) is 5.56 Å². The number of ketones is 1. The third kappa shape index (κ3) is 3.06. The quantitative estimate of drug-likeness (QED) is 0.714. The van der Waals surface area contributed by atoms with Crippen LogP contribution in [0.15, 0.2) is 59.1 Å². The van der Waals surface area contributed by atoms with Crippen LogP contribution in [-0.2, 0) is 0 Å². The van der Waals surface area contributed by atoms with Gasteiger partial charge in [0.1, 0.15) is 0 Å². The maximum absolute atomic E-state index is 11.4. The number of benzene rings is 2. The minimum absolute atomic E-state index is 0.0272. The van der Waals surface area contributed by atoms with E-state index >= 15 is 0 Å². The van der Waals surface area contributed by atoms with Crippen LogP contribution in [0.3, 0.4) is 0 Å². The number of aromatic nitrogens is 1. The molecule has 3 rings (SSSR count). The predicted octanol–water partition coefficient (Wildman–Crippen LogP) is 4.60. The molecule has 4 heteroatoms. The monoisotopic (exact) mass is 292 g/mol. The maximum Gasteiger partial charge on any atom is 0.299 e. The molecule has 0 aliphatic heterocycles. The van der Waals surface area contributed by atoms with Crippen LogP contribution in [0.5, 0.6) is 0 Å². The Labute approximate surface area is 128 Å². The average molecular weight is 292 g/mol. The van der Waals surface area contributed by atoms with Crippen molar-refractivity contribution in [3.8, 4) is 11.3 Å². The van der Waals surface area contributed by atoms with E-state index < -0.39 is 0 Å². The van der Waals surface area contributed by atoms with Gasteiger partial charge in [0.15, 0.2) is 11.5 Å². The molecule has 0 radical (unpaired) electrons. The summed E-state index contributed by atoms with van der Waals surface area (Å²) in [5.41, 5.74) is 3.59. The summed E-state index contributed by atoms with van der Waals surface area (Å²) in [5, 5.41) is 3.11. The molecule has 110 valence electrons. The number of nitrogens with one attached hydrogen (secondary N) is 1. The highest BCUT2D eigenvalue weighted by Crippen LogP contribution is 2.25. The average Bonchev–Trinajstić information content (AvgIpc) is 2.98. The van der Waals surface area contributed by atoms with E-state index in [2.05, 4.69) is 10.3 Å². The first-order valence-electron chi connectivity index (χ1n) is 7.03. The van der Waals surface area contributed by atoms with Gasteiger partial charge in [-0.25, -0.2) is 4.98 Å². The minimum atomic E-state index is 0.0272. The Kier molecular flexibility index (Phi) is 3.74. The number of oxazole rings is 1. The molecule has 0 saturated heterocycles. The van der Waals surface area contributed by atoms with Gasteiger partial charge in [-0.15, -0.1) is 0 Å². The summed E-state index contributed by atoms with van der Waals surface area (Å²) in [5.74, 6) is 0.650. The molecule has 0 saturated carbocycles. The van der Waals surface area contributed by atoms with Crippen molar-refractivity contribution in [1.82, 2.24) is 4.98 Å². The molecule has 0 bridgehead atoms. The Bertz CT molecular complexity index is 804. The molecular formula is C18H16N2O2. The summed E-state index contributed by atoms with van der Waals surface area (Å²) < 4.78 is 5.71. The fraction of sp³-hybridized carbons (Fsp3) is 0.111. The minimum Gasteiger partial charge on any atom is -0.423 e. The lowest BCUT2D eigenvalue weighted by atomic mass is 10.1. The molecule has 22 heavy (non-hydrogen) atoms. The van der Waals surface area contributed by atoms with E-state index in [0.29, 0.717) is 17.3 Å². The summed E-state index contributed by atoms with van der Waals surface area (Å²) in [7, 11) is 0. The summed E-state index contributed by atoms with van der Waals surface area (Å²) in [6.45, 7) is 3.58. The van der Waals surface area contributed by atoms with Crippen molar-refractivity contribution in [2.75, 3.05) is 5.32 Å². The van der Waals surface area contributed by atoms with Crippen LogP contribution in [0.2, 0.25) is 0 Å². The molecule has 4 nitrogen and oxygen atoms in total. The Hall–Kier alpha value is -2.88. The molecule has 0 amide bonds. The topological polar surface area (TPSA) is 55.1 Å². The Balaban J connectivity index is 1.83. The number of carbonyl (C=O) groups excluding carboxylic acids is 1. The molecule has 0 spiro atoms. The van der Waals surface area contributed by atoms with Crippen molar-refractivity contribution < 1.29 is 9.21 Å². The number of carbonyl (C=O) groups is 1. The van der Waals surface area contributed by atoms with Crippen LogP contribution < -0.4 is 5.32 Å². The standard InChI is InChI=1S/C18H16N2O2/c1-12-6-8-16(9-7-12)20-18-19-11-17(22-18)15-5-3-4-14(10-15)13(2)21/h3-11H,1-2H3,(H,19,20). The second-order valence-corrected chi connectivity index (χ2v) is 5.16. The van der Waals surface area contributed by atoms with Gasteiger partial charge in [0, 0.05) is 16.8 Å². The molecule has 0 atom stereocenters. The van der Waals surface area contributed by atoms with Crippen molar-refractivity contribution in [2.24, 2.45) is 0 Å². The van der Waals surface area contributed by atoms with Crippen molar-refractivity contribution in [2.45, 2.75) is 13.8 Å². The van der Waals surface area contributed by atoms with E-state index in [-0.39, 0.29) is 5.78 Å². The largest absolute Gasteiger partial charge is 0.423 e. The fourth-order valence-corrected chi connectivity index (χ4v) is 2.12. The van der Waals surface area contributed by atoms with E-state index in [1.807, 2.05) is 43.3 Å². The van der Waals surface area contributed by atoms with Crippen LogP contribution in [0.1, 0.15) is 22.8 Å². The lowest BCUT2D eigenvalue weighted by Gasteiger charge is -2.02. The van der Waals surface area contributed by atoms with Gasteiger partial charge in [-0.05, 0) is 32.0 Å². The Morgan fingerprint density at radius 1 is 1.14 bits per heavy atom. The van der Waals surface area contributed by atoms with E-state index in [9.17, 15) is 4.79 Å². The SMILES string of the molecule is CC(=O)c1cccc(-c2cnc(Nc3ccc(C)cc3)o2)c1. The molecule has 3 aromatic rings. The Morgan fingerprint density at radius 3 is 2.64 bits per heavy atom. The van der Waals surface area contributed by atoms with Gasteiger partial charge >= 0.3 is 0 Å². The maximum atomic E-state index is 11.4. The second kappa shape index (κ2) is 5.85. The van der Waals surface area contributed by atoms with Crippen LogP contribution in [0, 0.1) is 6.92 Å². The lowest BCUT2D eigenvalue weighted by molar-refractivity contribution is 0.101. The first-order chi connectivity index (χ1) is 10.6. The molecular weight excluding hydrogens is 276 g/mol.